The number of nitrogens with zero attached hydrogens (tertiary/aromatic N) is 2. The maximum atomic E-state index is 12.6. The molecule has 0 saturated carbocycles. The number of amides is 1. The van der Waals surface area contributed by atoms with Crippen LogP contribution in [0.4, 0.5) is 5.69 Å². The number of carbonyl (C=O) groups is 1. The predicted octanol–water partition coefficient (Wildman–Crippen LogP) is 5.26. The smallest absolute Gasteiger partial charge is 0.230 e. The van der Waals surface area contributed by atoms with Crippen molar-refractivity contribution in [2.45, 2.75) is 27.2 Å². The summed E-state index contributed by atoms with van der Waals surface area (Å²) in [6.45, 7) is 6.68. The minimum atomic E-state index is -0.0327. The summed E-state index contributed by atoms with van der Waals surface area (Å²) in [5, 5.41) is 5.02. The molecule has 0 unspecified atom stereocenters. The highest BCUT2D eigenvalue weighted by Gasteiger charge is 2.13. The lowest BCUT2D eigenvalue weighted by Crippen LogP contribution is -2.16. The molecule has 0 saturated heterocycles. The van der Waals surface area contributed by atoms with E-state index in [1.165, 1.54) is 0 Å². The second-order valence-corrected chi connectivity index (χ2v) is 7.77. The molecule has 5 nitrogen and oxygen atoms in total. The zero-order chi connectivity index (χ0) is 20.4. The molecule has 1 N–H and O–H groups in total. The van der Waals surface area contributed by atoms with Gasteiger partial charge in [-0.15, -0.1) is 11.3 Å². The van der Waals surface area contributed by atoms with Crippen LogP contribution in [0.5, 0.6) is 5.75 Å². The maximum Gasteiger partial charge on any atom is 0.230 e. The molecule has 0 radical (unpaired) electrons. The highest BCUT2D eigenvalue weighted by atomic mass is 32.1. The second kappa shape index (κ2) is 8.09. The second-order valence-electron chi connectivity index (χ2n) is 6.94. The van der Waals surface area contributed by atoms with Crippen LogP contribution in [0.3, 0.4) is 0 Å². The molecule has 2 aromatic heterocycles. The molecule has 0 fully saturated rings. The van der Waals surface area contributed by atoms with Gasteiger partial charge in [0.25, 0.3) is 0 Å². The van der Waals surface area contributed by atoms with Crippen LogP contribution in [0.25, 0.3) is 16.2 Å². The Hall–Kier alpha value is -3.12. The van der Waals surface area contributed by atoms with Gasteiger partial charge in [-0.3, -0.25) is 9.20 Å². The van der Waals surface area contributed by atoms with E-state index < -0.39 is 0 Å². The molecular weight excluding hydrogens is 382 g/mol. The van der Waals surface area contributed by atoms with Crippen LogP contribution in [0, 0.1) is 13.8 Å². The number of thiazole rings is 1. The van der Waals surface area contributed by atoms with E-state index in [4.69, 9.17) is 9.72 Å². The molecule has 29 heavy (non-hydrogen) atoms. The van der Waals surface area contributed by atoms with Crippen molar-refractivity contribution in [2.75, 3.05) is 11.9 Å². The Morgan fingerprint density at radius 1 is 1.17 bits per heavy atom. The summed E-state index contributed by atoms with van der Waals surface area (Å²) in [5.74, 6) is 0.816. The number of nitrogens with one attached hydrogen (secondary N) is 1. The highest BCUT2D eigenvalue weighted by Crippen LogP contribution is 2.26. The number of rotatable bonds is 6. The van der Waals surface area contributed by atoms with E-state index in [0.717, 1.165) is 44.5 Å². The molecule has 0 bridgehead atoms. The van der Waals surface area contributed by atoms with E-state index in [2.05, 4.69) is 5.32 Å². The lowest BCUT2D eigenvalue weighted by Gasteiger charge is -2.10. The minimum Gasteiger partial charge on any atom is -0.494 e. The van der Waals surface area contributed by atoms with Crippen LogP contribution in [0.2, 0.25) is 0 Å². The standard InChI is InChI=1S/C23H23N3O2S/c1-4-28-19-10-8-17(9-11-19)21-13-26-18(14-29-23(26)25-21)12-22(27)24-20-7-5-6-15(2)16(20)3/h5-11,13-14H,4,12H2,1-3H3,(H,24,27). The van der Waals surface area contributed by atoms with Gasteiger partial charge >= 0.3 is 0 Å². The number of benzene rings is 2. The minimum absolute atomic E-state index is 0.0327. The van der Waals surface area contributed by atoms with E-state index in [-0.39, 0.29) is 5.91 Å². The fraction of sp³-hybridized carbons (Fsp3) is 0.217. The number of hydrogen-bond acceptors (Lipinski definition) is 4. The van der Waals surface area contributed by atoms with Crippen molar-refractivity contribution in [3.8, 4) is 17.0 Å². The molecule has 0 aliphatic heterocycles. The molecule has 0 aliphatic carbocycles. The monoisotopic (exact) mass is 405 g/mol. The third-order valence-electron chi connectivity index (χ3n) is 4.96. The van der Waals surface area contributed by atoms with Gasteiger partial charge in [0.2, 0.25) is 5.91 Å². The topological polar surface area (TPSA) is 55.6 Å². The first-order valence-electron chi connectivity index (χ1n) is 9.60. The zero-order valence-corrected chi connectivity index (χ0v) is 17.5. The number of carbonyl (C=O) groups excluding carboxylic acids is 1. The van der Waals surface area contributed by atoms with Crippen LogP contribution >= 0.6 is 11.3 Å². The molecule has 148 valence electrons. The third kappa shape index (κ3) is 4.03. The molecule has 2 heterocycles. The van der Waals surface area contributed by atoms with Crippen molar-refractivity contribution >= 4 is 27.9 Å². The normalized spacial score (nSPS) is 11.0. The molecule has 4 rings (SSSR count). The summed E-state index contributed by atoms with van der Waals surface area (Å²) >= 11 is 1.54. The highest BCUT2D eigenvalue weighted by molar-refractivity contribution is 7.15. The van der Waals surface area contributed by atoms with Crippen molar-refractivity contribution in [3.05, 3.63) is 70.9 Å². The first-order chi connectivity index (χ1) is 14.0. The Bertz CT molecular complexity index is 1160. The number of imidazole rings is 1. The van der Waals surface area contributed by atoms with Crippen molar-refractivity contribution in [2.24, 2.45) is 0 Å². The summed E-state index contributed by atoms with van der Waals surface area (Å²) in [7, 11) is 0. The quantitative estimate of drug-likeness (QED) is 0.476. The summed E-state index contributed by atoms with van der Waals surface area (Å²) in [6.07, 6.45) is 2.29. The van der Waals surface area contributed by atoms with E-state index in [1.54, 1.807) is 11.3 Å². The van der Waals surface area contributed by atoms with Gasteiger partial charge < -0.3 is 10.1 Å². The number of fused-ring (bicyclic) bond motifs is 1. The summed E-state index contributed by atoms with van der Waals surface area (Å²) in [6, 6.07) is 13.8. The van der Waals surface area contributed by atoms with Crippen LogP contribution in [-0.2, 0) is 11.2 Å². The Kier molecular flexibility index (Phi) is 5.36. The van der Waals surface area contributed by atoms with Crippen molar-refractivity contribution in [1.82, 2.24) is 9.38 Å². The Labute approximate surface area is 174 Å². The van der Waals surface area contributed by atoms with Crippen molar-refractivity contribution in [3.63, 3.8) is 0 Å². The number of ether oxygens (including phenoxy) is 1. The number of hydrogen-bond donors (Lipinski definition) is 1. The summed E-state index contributed by atoms with van der Waals surface area (Å²) < 4.78 is 7.50. The number of aryl methyl sites for hydroxylation is 1. The van der Waals surface area contributed by atoms with Crippen LogP contribution in [0.1, 0.15) is 23.7 Å². The van der Waals surface area contributed by atoms with Gasteiger partial charge in [0.1, 0.15) is 5.75 Å². The van der Waals surface area contributed by atoms with Gasteiger partial charge in [0.15, 0.2) is 4.96 Å². The molecule has 1 amide bonds. The van der Waals surface area contributed by atoms with E-state index >= 15 is 0 Å². The Morgan fingerprint density at radius 2 is 1.97 bits per heavy atom. The first kappa shape index (κ1) is 19.2. The average molecular weight is 406 g/mol. The van der Waals surface area contributed by atoms with Crippen LogP contribution < -0.4 is 10.1 Å². The van der Waals surface area contributed by atoms with Crippen LogP contribution in [0.15, 0.2) is 54.0 Å². The SMILES string of the molecule is CCOc1ccc(-c2cn3c(CC(=O)Nc4cccc(C)c4C)csc3n2)cc1. The van der Waals surface area contributed by atoms with E-state index in [9.17, 15) is 4.79 Å². The molecule has 6 heteroatoms. The lowest BCUT2D eigenvalue weighted by molar-refractivity contribution is -0.115. The van der Waals surface area contributed by atoms with Gasteiger partial charge in [-0.2, -0.15) is 0 Å². The van der Waals surface area contributed by atoms with Crippen molar-refractivity contribution < 1.29 is 9.53 Å². The summed E-state index contributed by atoms with van der Waals surface area (Å²) in [4.78, 5) is 18.2. The van der Waals surface area contributed by atoms with Gasteiger partial charge in [-0.05, 0) is 62.2 Å². The molecule has 4 aromatic rings. The van der Waals surface area contributed by atoms with Crippen molar-refractivity contribution in [1.29, 1.82) is 0 Å². The molecule has 0 spiro atoms. The summed E-state index contributed by atoms with van der Waals surface area (Å²) in [5.41, 5.74) is 5.96. The number of aromatic nitrogens is 2. The molecule has 2 aromatic carbocycles. The fourth-order valence-electron chi connectivity index (χ4n) is 3.23. The van der Waals surface area contributed by atoms with Crippen LogP contribution in [-0.4, -0.2) is 21.9 Å². The van der Waals surface area contributed by atoms with Gasteiger partial charge in [0.05, 0.1) is 18.7 Å². The molecular formula is C23H23N3O2S. The predicted molar refractivity (Wildman–Crippen MR) is 118 cm³/mol. The van der Waals surface area contributed by atoms with E-state index in [0.29, 0.717) is 13.0 Å². The molecule has 0 atom stereocenters. The zero-order valence-electron chi connectivity index (χ0n) is 16.7. The Balaban J connectivity index is 1.53. The van der Waals surface area contributed by atoms with Gasteiger partial charge in [-0.25, -0.2) is 4.98 Å². The largest absolute Gasteiger partial charge is 0.494 e. The third-order valence-corrected chi connectivity index (χ3v) is 5.85. The van der Waals surface area contributed by atoms with Gasteiger partial charge in [0, 0.05) is 28.5 Å². The Morgan fingerprint density at radius 3 is 2.72 bits per heavy atom. The fourth-order valence-corrected chi connectivity index (χ4v) is 4.10. The average Bonchev–Trinajstić information content (AvgIpc) is 3.28. The maximum absolute atomic E-state index is 12.6. The first-order valence-corrected chi connectivity index (χ1v) is 10.5. The van der Waals surface area contributed by atoms with Gasteiger partial charge in [-0.1, -0.05) is 12.1 Å². The lowest BCUT2D eigenvalue weighted by atomic mass is 10.1. The van der Waals surface area contributed by atoms with E-state index in [1.807, 2.05) is 79.2 Å². The number of anilines is 1. The molecule has 0 aliphatic rings.